The van der Waals surface area contributed by atoms with Crippen molar-refractivity contribution >= 4 is 17.5 Å². The SMILES string of the molecule is CCc1cc(C#Cc2ccccc2)c2c(c1)C(=O)NCC(=O)N2. The molecule has 0 atom stereocenters. The number of fused-ring (bicyclic) bond motifs is 1. The Morgan fingerprint density at radius 2 is 1.87 bits per heavy atom. The molecule has 114 valence electrons. The fourth-order valence-corrected chi connectivity index (χ4v) is 2.42. The second-order valence-electron chi connectivity index (χ2n) is 5.27. The molecule has 2 aromatic rings. The molecule has 4 heteroatoms. The number of anilines is 1. The quantitative estimate of drug-likeness (QED) is 0.795. The van der Waals surface area contributed by atoms with Crippen molar-refractivity contribution in [2.75, 3.05) is 11.9 Å². The van der Waals surface area contributed by atoms with Gasteiger partial charge in [0.1, 0.15) is 0 Å². The van der Waals surface area contributed by atoms with Gasteiger partial charge in [0.2, 0.25) is 5.91 Å². The van der Waals surface area contributed by atoms with Gasteiger partial charge in [0.05, 0.1) is 17.8 Å². The fraction of sp³-hybridized carbons (Fsp3) is 0.158. The highest BCUT2D eigenvalue weighted by Gasteiger charge is 2.21. The molecular formula is C19H16N2O2. The van der Waals surface area contributed by atoms with Crippen LogP contribution in [-0.4, -0.2) is 18.4 Å². The minimum atomic E-state index is -0.253. The zero-order valence-electron chi connectivity index (χ0n) is 12.8. The summed E-state index contributed by atoms with van der Waals surface area (Å²) < 4.78 is 0. The summed E-state index contributed by atoms with van der Waals surface area (Å²) >= 11 is 0. The molecule has 0 aromatic heterocycles. The Labute approximate surface area is 134 Å². The number of benzene rings is 2. The Morgan fingerprint density at radius 1 is 1.09 bits per heavy atom. The van der Waals surface area contributed by atoms with Crippen molar-refractivity contribution in [3.05, 3.63) is 64.7 Å². The third-order valence-corrected chi connectivity index (χ3v) is 3.64. The highest BCUT2D eigenvalue weighted by molar-refractivity contribution is 6.09. The van der Waals surface area contributed by atoms with Crippen molar-refractivity contribution in [2.24, 2.45) is 0 Å². The molecule has 0 spiro atoms. The Morgan fingerprint density at radius 3 is 2.61 bits per heavy atom. The molecule has 3 rings (SSSR count). The molecule has 2 N–H and O–H groups in total. The van der Waals surface area contributed by atoms with Crippen LogP contribution in [0.1, 0.15) is 34.0 Å². The number of carbonyl (C=O) groups is 2. The normalized spacial score (nSPS) is 13.1. The van der Waals surface area contributed by atoms with E-state index in [4.69, 9.17) is 0 Å². The van der Waals surface area contributed by atoms with E-state index in [9.17, 15) is 9.59 Å². The average Bonchev–Trinajstić information content (AvgIpc) is 2.73. The third-order valence-electron chi connectivity index (χ3n) is 3.64. The van der Waals surface area contributed by atoms with E-state index in [0.29, 0.717) is 16.8 Å². The molecule has 23 heavy (non-hydrogen) atoms. The highest BCUT2D eigenvalue weighted by Crippen LogP contribution is 2.25. The van der Waals surface area contributed by atoms with E-state index in [1.54, 1.807) is 0 Å². The molecular weight excluding hydrogens is 288 g/mol. The number of amides is 2. The lowest BCUT2D eigenvalue weighted by Gasteiger charge is -2.10. The molecule has 0 saturated heterocycles. The van der Waals surface area contributed by atoms with Crippen LogP contribution in [-0.2, 0) is 11.2 Å². The maximum atomic E-state index is 12.2. The largest absolute Gasteiger partial charge is 0.343 e. The molecule has 2 aromatic carbocycles. The summed E-state index contributed by atoms with van der Waals surface area (Å²) in [4.78, 5) is 24.0. The second kappa shape index (κ2) is 6.37. The van der Waals surface area contributed by atoms with Crippen molar-refractivity contribution in [1.82, 2.24) is 5.32 Å². The van der Waals surface area contributed by atoms with Crippen molar-refractivity contribution in [3.63, 3.8) is 0 Å². The van der Waals surface area contributed by atoms with E-state index in [1.165, 1.54) is 0 Å². The fourth-order valence-electron chi connectivity index (χ4n) is 2.42. The van der Waals surface area contributed by atoms with Crippen LogP contribution in [0.3, 0.4) is 0 Å². The van der Waals surface area contributed by atoms with Crippen LogP contribution in [0.4, 0.5) is 5.69 Å². The first-order chi connectivity index (χ1) is 11.2. The summed E-state index contributed by atoms with van der Waals surface area (Å²) in [5, 5.41) is 5.39. The summed E-state index contributed by atoms with van der Waals surface area (Å²) in [7, 11) is 0. The van der Waals surface area contributed by atoms with Crippen LogP contribution in [0.25, 0.3) is 0 Å². The predicted octanol–water partition coefficient (Wildman–Crippen LogP) is 2.33. The van der Waals surface area contributed by atoms with Crippen LogP contribution >= 0.6 is 0 Å². The van der Waals surface area contributed by atoms with E-state index in [-0.39, 0.29) is 18.4 Å². The lowest BCUT2D eigenvalue weighted by Crippen LogP contribution is -2.28. The van der Waals surface area contributed by atoms with Crippen LogP contribution < -0.4 is 10.6 Å². The average molecular weight is 304 g/mol. The van der Waals surface area contributed by atoms with Gasteiger partial charge in [-0.05, 0) is 36.2 Å². The lowest BCUT2D eigenvalue weighted by molar-refractivity contribution is -0.115. The van der Waals surface area contributed by atoms with Gasteiger partial charge in [0, 0.05) is 11.1 Å². The minimum absolute atomic E-state index is 0.0273. The Hall–Kier alpha value is -3.06. The lowest BCUT2D eigenvalue weighted by atomic mass is 10.0. The monoisotopic (exact) mass is 304 g/mol. The summed E-state index contributed by atoms with van der Waals surface area (Å²) in [5.41, 5.74) is 3.51. The highest BCUT2D eigenvalue weighted by atomic mass is 16.2. The zero-order valence-corrected chi connectivity index (χ0v) is 12.8. The third kappa shape index (κ3) is 3.24. The number of nitrogens with one attached hydrogen (secondary N) is 2. The van der Waals surface area contributed by atoms with Gasteiger partial charge >= 0.3 is 0 Å². The zero-order chi connectivity index (χ0) is 16.2. The Kier molecular flexibility index (Phi) is 4.11. The van der Waals surface area contributed by atoms with E-state index >= 15 is 0 Å². The molecule has 0 fully saturated rings. The van der Waals surface area contributed by atoms with Crippen LogP contribution in [0, 0.1) is 11.8 Å². The molecule has 4 nitrogen and oxygen atoms in total. The number of hydrogen-bond acceptors (Lipinski definition) is 2. The van der Waals surface area contributed by atoms with Gasteiger partial charge in [-0.2, -0.15) is 0 Å². The van der Waals surface area contributed by atoms with Gasteiger partial charge in [0.25, 0.3) is 5.91 Å². The first-order valence-corrected chi connectivity index (χ1v) is 7.49. The standard InChI is InChI=1S/C19H16N2O2/c1-2-13-10-15(9-8-14-6-4-3-5-7-14)18-16(11-13)19(23)20-12-17(22)21-18/h3-7,10-11H,2,12H2,1H3,(H,20,23)(H,21,22). The van der Waals surface area contributed by atoms with Gasteiger partial charge in [-0.15, -0.1) is 0 Å². The topological polar surface area (TPSA) is 58.2 Å². The van der Waals surface area contributed by atoms with Gasteiger partial charge in [-0.25, -0.2) is 0 Å². The minimum Gasteiger partial charge on any atom is -0.343 e. The summed E-state index contributed by atoms with van der Waals surface area (Å²) in [6.07, 6.45) is 0.786. The summed E-state index contributed by atoms with van der Waals surface area (Å²) in [5.74, 6) is 5.67. The first-order valence-electron chi connectivity index (χ1n) is 7.49. The maximum absolute atomic E-state index is 12.2. The van der Waals surface area contributed by atoms with Gasteiger partial charge < -0.3 is 10.6 Å². The molecule has 0 bridgehead atoms. The van der Waals surface area contributed by atoms with Crippen LogP contribution in [0.2, 0.25) is 0 Å². The van der Waals surface area contributed by atoms with Gasteiger partial charge in [-0.1, -0.05) is 37.0 Å². The molecule has 0 aliphatic carbocycles. The smallest absolute Gasteiger partial charge is 0.253 e. The van der Waals surface area contributed by atoms with Crippen molar-refractivity contribution in [1.29, 1.82) is 0 Å². The summed E-state index contributed by atoms with van der Waals surface area (Å²) in [6, 6.07) is 13.3. The number of hydrogen-bond donors (Lipinski definition) is 2. The number of rotatable bonds is 1. The second-order valence-corrected chi connectivity index (χ2v) is 5.27. The molecule has 1 heterocycles. The van der Waals surface area contributed by atoms with E-state index in [2.05, 4.69) is 22.5 Å². The predicted molar refractivity (Wildman–Crippen MR) is 89.2 cm³/mol. The molecule has 0 saturated carbocycles. The van der Waals surface area contributed by atoms with E-state index in [1.807, 2.05) is 49.4 Å². The van der Waals surface area contributed by atoms with Crippen molar-refractivity contribution in [3.8, 4) is 11.8 Å². The summed E-state index contributed by atoms with van der Waals surface area (Å²) in [6.45, 7) is 1.99. The van der Waals surface area contributed by atoms with E-state index < -0.39 is 0 Å². The molecule has 1 aliphatic rings. The molecule has 1 aliphatic heterocycles. The van der Waals surface area contributed by atoms with Crippen molar-refractivity contribution < 1.29 is 9.59 Å². The Balaban J connectivity index is 2.13. The van der Waals surface area contributed by atoms with Crippen LogP contribution in [0.5, 0.6) is 0 Å². The van der Waals surface area contributed by atoms with Gasteiger partial charge in [-0.3, -0.25) is 9.59 Å². The molecule has 2 amide bonds. The molecule has 0 radical (unpaired) electrons. The van der Waals surface area contributed by atoms with Crippen molar-refractivity contribution in [2.45, 2.75) is 13.3 Å². The van der Waals surface area contributed by atoms with Gasteiger partial charge in [0.15, 0.2) is 0 Å². The van der Waals surface area contributed by atoms with E-state index in [0.717, 1.165) is 17.5 Å². The Bertz CT molecular complexity index is 830. The van der Waals surface area contributed by atoms with Crippen LogP contribution in [0.15, 0.2) is 42.5 Å². The maximum Gasteiger partial charge on any atom is 0.253 e. The first kappa shape index (κ1) is 14.9. The number of carbonyl (C=O) groups excluding carboxylic acids is 2. The number of aryl methyl sites for hydroxylation is 1. The molecule has 0 unspecified atom stereocenters.